The Kier molecular flexibility index (Phi) is 9.12. The van der Waals surface area contributed by atoms with Crippen LogP contribution in [0, 0.1) is 0 Å². The summed E-state index contributed by atoms with van der Waals surface area (Å²) in [6.07, 6.45) is 1.22. The summed E-state index contributed by atoms with van der Waals surface area (Å²) in [4.78, 5) is 42.0. The van der Waals surface area contributed by atoms with Crippen LogP contribution in [-0.2, 0) is 19.1 Å². The number of rotatable bonds is 7. The van der Waals surface area contributed by atoms with Crippen molar-refractivity contribution in [1.29, 1.82) is 0 Å². The topological polar surface area (TPSA) is 184 Å². The first kappa shape index (κ1) is 29.4. The number of esters is 2. The normalized spacial score (nSPS) is 12.3. The molecule has 0 aliphatic rings. The lowest BCUT2D eigenvalue weighted by atomic mass is 10.1. The number of phenolic OH excluding ortho intramolecular Hbond substituents is 1. The number of amides is 1. The molecule has 5 N–H and O–H groups in total. The molecule has 13 heteroatoms. The summed E-state index contributed by atoms with van der Waals surface area (Å²) in [6.45, 7) is 10.3. The molecule has 0 radical (unpaired) electrons. The van der Waals surface area contributed by atoms with E-state index in [9.17, 15) is 19.5 Å². The number of aromatic hydroxyl groups is 1. The molecule has 1 amide bonds. The number of pyridine rings is 1. The molecule has 1 aromatic carbocycles. The Bertz CT molecular complexity index is 1280. The molecule has 0 saturated carbocycles. The van der Waals surface area contributed by atoms with Gasteiger partial charge in [0, 0.05) is 11.6 Å². The number of hydrogen-bond acceptors (Lipinski definition) is 11. The number of carbonyl (C=O) groups is 3. The van der Waals surface area contributed by atoms with Gasteiger partial charge in [-0.3, -0.25) is 19.9 Å². The predicted molar refractivity (Wildman–Crippen MR) is 139 cm³/mol. The maximum Gasteiger partial charge on any atom is 0.329 e. The third-order valence-electron chi connectivity index (χ3n) is 4.42. The molecule has 12 nitrogen and oxygen atoms in total. The Labute approximate surface area is 217 Å². The quantitative estimate of drug-likeness (QED) is 0.381. The van der Waals surface area contributed by atoms with Crippen molar-refractivity contribution in [3.05, 3.63) is 36.0 Å². The Morgan fingerprint density at radius 1 is 1.00 bits per heavy atom. The molecule has 0 bridgehead atoms. The number of nitrogens with one attached hydrogen (secondary N) is 2. The fourth-order valence-electron chi connectivity index (χ4n) is 3.07. The number of aromatic nitrogens is 3. The molecule has 0 saturated heterocycles. The first-order chi connectivity index (χ1) is 16.7. The van der Waals surface area contributed by atoms with E-state index in [0.717, 1.165) is 11.3 Å². The fraction of sp³-hybridized carbons (Fsp3) is 0.417. The Balaban J connectivity index is 0.00000481. The third-order valence-corrected chi connectivity index (χ3v) is 5.19. The average Bonchev–Trinajstić information content (AvgIpc) is 3.17. The lowest BCUT2D eigenvalue weighted by Gasteiger charge is -2.25. The van der Waals surface area contributed by atoms with Gasteiger partial charge in [0.05, 0.1) is 12.0 Å². The molecule has 0 aliphatic carbocycles. The van der Waals surface area contributed by atoms with E-state index < -0.39 is 35.1 Å². The number of phenols is 1. The van der Waals surface area contributed by atoms with Gasteiger partial charge in [-0.05, 0) is 53.7 Å². The molecule has 0 unspecified atom stereocenters. The summed E-state index contributed by atoms with van der Waals surface area (Å²) in [5.74, 6) is -2.12. The van der Waals surface area contributed by atoms with Crippen LogP contribution in [0.1, 0.15) is 58.3 Å². The molecule has 0 spiro atoms. The van der Waals surface area contributed by atoms with Crippen molar-refractivity contribution in [3.63, 3.8) is 0 Å². The van der Waals surface area contributed by atoms with E-state index in [1.807, 2.05) is 0 Å². The summed E-state index contributed by atoms with van der Waals surface area (Å²) >= 11 is 0.947. The van der Waals surface area contributed by atoms with Crippen molar-refractivity contribution in [2.45, 2.75) is 65.2 Å². The second-order valence-corrected chi connectivity index (χ2v) is 10.9. The van der Waals surface area contributed by atoms with Gasteiger partial charge in [-0.25, -0.2) is 4.79 Å². The van der Waals surface area contributed by atoms with Crippen LogP contribution in [0.25, 0.3) is 10.9 Å². The average molecular weight is 534 g/mol. The van der Waals surface area contributed by atoms with Crippen LogP contribution in [0.5, 0.6) is 5.75 Å². The van der Waals surface area contributed by atoms with Crippen molar-refractivity contribution in [3.8, 4) is 5.75 Å². The molecular weight excluding hydrogens is 502 g/mol. The maximum atomic E-state index is 12.7. The minimum Gasteiger partial charge on any atom is -0.505 e. The molecule has 2 heterocycles. The van der Waals surface area contributed by atoms with Gasteiger partial charge in [0.25, 0.3) is 5.91 Å². The summed E-state index contributed by atoms with van der Waals surface area (Å²) < 4.78 is 10.8. The molecule has 37 heavy (non-hydrogen) atoms. The second kappa shape index (κ2) is 11.5. The first-order valence-corrected chi connectivity index (χ1v) is 12.0. The zero-order valence-corrected chi connectivity index (χ0v) is 22.2. The van der Waals surface area contributed by atoms with Gasteiger partial charge >= 0.3 is 11.9 Å². The van der Waals surface area contributed by atoms with E-state index in [0.29, 0.717) is 10.9 Å². The fourth-order valence-corrected chi connectivity index (χ4v) is 3.77. The number of anilines is 2. The second-order valence-electron chi connectivity index (χ2n) is 9.92. The van der Waals surface area contributed by atoms with Crippen LogP contribution in [-0.4, -0.2) is 60.9 Å². The van der Waals surface area contributed by atoms with Gasteiger partial charge in [0.1, 0.15) is 22.8 Å². The Morgan fingerprint density at radius 3 is 2.30 bits per heavy atom. The van der Waals surface area contributed by atoms with E-state index in [-0.39, 0.29) is 33.5 Å². The van der Waals surface area contributed by atoms with Gasteiger partial charge in [0.2, 0.25) is 10.3 Å². The third kappa shape index (κ3) is 8.36. The summed E-state index contributed by atoms with van der Waals surface area (Å²) in [5.41, 5.74) is -1.18. The molecule has 200 valence electrons. The highest BCUT2D eigenvalue weighted by atomic mass is 32.1. The van der Waals surface area contributed by atoms with Crippen molar-refractivity contribution >= 4 is 50.3 Å². The number of benzene rings is 1. The SMILES string of the molecule is CC(C)(C)OC(=O)C[C@H](Nc1nnc(NC(=O)c2ccc3cccnc3c2O)s1)C(=O)OC(C)(C)C.O. The zero-order valence-electron chi connectivity index (χ0n) is 21.4. The molecule has 0 fully saturated rings. The number of ether oxygens (including phenoxy) is 2. The van der Waals surface area contributed by atoms with E-state index in [4.69, 9.17) is 9.47 Å². The van der Waals surface area contributed by atoms with Crippen LogP contribution in [0.2, 0.25) is 0 Å². The highest BCUT2D eigenvalue weighted by Gasteiger charge is 2.30. The molecule has 3 aromatic rings. The molecule has 3 rings (SSSR count). The highest BCUT2D eigenvalue weighted by molar-refractivity contribution is 7.19. The largest absolute Gasteiger partial charge is 0.505 e. The van der Waals surface area contributed by atoms with Gasteiger partial charge in [-0.2, -0.15) is 0 Å². The Hall–Kier alpha value is -3.84. The van der Waals surface area contributed by atoms with Crippen molar-refractivity contribution < 1.29 is 34.4 Å². The number of fused-ring (bicyclic) bond motifs is 1. The van der Waals surface area contributed by atoms with Crippen molar-refractivity contribution in [1.82, 2.24) is 15.2 Å². The van der Waals surface area contributed by atoms with Crippen LogP contribution >= 0.6 is 11.3 Å². The summed E-state index contributed by atoms with van der Waals surface area (Å²) in [6, 6.07) is 5.56. The standard InChI is InChI=1S/C24H29N5O6S.H2O/c1-23(2,3)34-16(30)12-15(20(33)35-24(4,5)6)26-21-28-29-22(36-21)27-19(32)14-10-9-13-8-7-11-25-17(13)18(14)31;/h7-11,15,31H,12H2,1-6H3,(H,26,28)(H,27,29,32);1H2/t15-;/m0./s1. The summed E-state index contributed by atoms with van der Waals surface area (Å²) in [7, 11) is 0. The monoisotopic (exact) mass is 533 g/mol. The first-order valence-electron chi connectivity index (χ1n) is 11.1. The molecule has 0 aliphatic heterocycles. The number of hydrogen-bond donors (Lipinski definition) is 3. The Morgan fingerprint density at radius 2 is 1.65 bits per heavy atom. The van der Waals surface area contributed by atoms with E-state index >= 15 is 0 Å². The van der Waals surface area contributed by atoms with Gasteiger partial charge < -0.3 is 25.4 Å². The minimum atomic E-state index is -1.09. The van der Waals surface area contributed by atoms with Gasteiger partial charge in [0.15, 0.2) is 5.75 Å². The van der Waals surface area contributed by atoms with Gasteiger partial charge in [-0.1, -0.05) is 23.5 Å². The zero-order chi connectivity index (χ0) is 26.7. The van der Waals surface area contributed by atoms with Crippen LogP contribution in [0.3, 0.4) is 0 Å². The number of nitrogens with zero attached hydrogens (tertiary/aromatic N) is 3. The lowest BCUT2D eigenvalue weighted by Crippen LogP contribution is -2.39. The maximum absolute atomic E-state index is 12.7. The van der Waals surface area contributed by atoms with Crippen LogP contribution in [0.4, 0.5) is 10.3 Å². The van der Waals surface area contributed by atoms with Crippen molar-refractivity contribution in [2.75, 3.05) is 10.6 Å². The molecular formula is C24H31N5O7S. The predicted octanol–water partition coefficient (Wildman–Crippen LogP) is 3.07. The van der Waals surface area contributed by atoms with Gasteiger partial charge in [-0.15, -0.1) is 10.2 Å². The van der Waals surface area contributed by atoms with Crippen molar-refractivity contribution in [2.24, 2.45) is 0 Å². The van der Waals surface area contributed by atoms with E-state index in [2.05, 4.69) is 25.8 Å². The smallest absolute Gasteiger partial charge is 0.329 e. The highest BCUT2D eigenvalue weighted by Crippen LogP contribution is 2.29. The van der Waals surface area contributed by atoms with Crippen LogP contribution < -0.4 is 10.6 Å². The molecule has 1 atom stereocenters. The summed E-state index contributed by atoms with van der Waals surface area (Å²) in [5, 5.41) is 24.7. The number of carbonyl (C=O) groups excluding carboxylic acids is 3. The van der Waals surface area contributed by atoms with Crippen LogP contribution in [0.15, 0.2) is 30.5 Å². The molecule has 2 aromatic heterocycles. The van der Waals surface area contributed by atoms with E-state index in [1.165, 1.54) is 12.3 Å². The van der Waals surface area contributed by atoms with E-state index in [1.54, 1.807) is 59.7 Å². The minimum absolute atomic E-state index is 0. The lowest BCUT2D eigenvalue weighted by molar-refractivity contribution is -0.163.